The van der Waals surface area contributed by atoms with E-state index < -0.39 is 22.6 Å². The molecule has 0 atom stereocenters. The number of aromatic nitrogens is 3. The molecule has 8 nitrogen and oxygen atoms in total. The number of carboxylic acids is 1. The highest BCUT2D eigenvalue weighted by Crippen LogP contribution is 2.35. The van der Waals surface area contributed by atoms with Crippen molar-refractivity contribution in [2.24, 2.45) is 19.5 Å². The molecule has 1 N–H and O–H groups in total. The van der Waals surface area contributed by atoms with Gasteiger partial charge in [0.05, 0.1) is 5.41 Å². The molecule has 1 aliphatic rings. The van der Waals surface area contributed by atoms with E-state index in [1.54, 1.807) is 4.90 Å². The number of aryl methyl sites for hydroxylation is 1. The van der Waals surface area contributed by atoms with Gasteiger partial charge in [0.15, 0.2) is 0 Å². The van der Waals surface area contributed by atoms with E-state index in [-0.39, 0.29) is 5.82 Å². The van der Waals surface area contributed by atoms with Gasteiger partial charge in [-0.05, 0) is 19.3 Å². The van der Waals surface area contributed by atoms with Gasteiger partial charge in [-0.2, -0.15) is 0 Å². The minimum Gasteiger partial charge on any atom is -0.481 e. The highest BCUT2D eigenvalue weighted by molar-refractivity contribution is 5.75. The lowest BCUT2D eigenvalue weighted by Crippen LogP contribution is -2.48. The maximum Gasteiger partial charge on any atom is 0.346 e. The van der Waals surface area contributed by atoms with E-state index in [4.69, 9.17) is 0 Å². The summed E-state index contributed by atoms with van der Waals surface area (Å²) in [6.45, 7) is 2.76. The summed E-state index contributed by atoms with van der Waals surface area (Å²) in [6.07, 6.45) is 1.49. The number of anilines is 1. The van der Waals surface area contributed by atoms with E-state index in [1.165, 1.54) is 14.1 Å². The van der Waals surface area contributed by atoms with Crippen LogP contribution in [0.3, 0.4) is 0 Å². The number of hydrogen-bond acceptors (Lipinski definition) is 5. The fourth-order valence-electron chi connectivity index (χ4n) is 2.75. The Labute approximate surface area is 121 Å². The molecular formula is C13H20N4O4. The summed E-state index contributed by atoms with van der Waals surface area (Å²) >= 11 is 0. The van der Waals surface area contributed by atoms with Crippen LogP contribution < -0.4 is 16.1 Å². The Bertz CT molecular complexity index is 668. The molecule has 1 aromatic heterocycles. The van der Waals surface area contributed by atoms with Gasteiger partial charge in [0, 0.05) is 27.2 Å². The highest BCUT2D eigenvalue weighted by atomic mass is 16.4. The zero-order valence-electron chi connectivity index (χ0n) is 12.5. The number of piperidine rings is 1. The first kappa shape index (κ1) is 15.3. The standard InChI is InChI=1S/C13H20N4O4/c1-4-13(11(19)20)5-7-17(8-6-13)9-10(18)15(2)12(21)16(3)14-9/h4-8H2,1-3H3,(H,19,20). The van der Waals surface area contributed by atoms with E-state index in [2.05, 4.69) is 5.10 Å². The van der Waals surface area contributed by atoms with E-state index in [1.807, 2.05) is 6.92 Å². The summed E-state index contributed by atoms with van der Waals surface area (Å²) in [7, 11) is 2.90. The summed E-state index contributed by atoms with van der Waals surface area (Å²) in [6, 6.07) is 0. The molecule has 0 aliphatic carbocycles. The first-order valence-corrected chi connectivity index (χ1v) is 6.95. The molecule has 0 amide bonds. The zero-order chi connectivity index (χ0) is 15.8. The summed E-state index contributed by atoms with van der Waals surface area (Å²) < 4.78 is 2.14. The molecule has 2 heterocycles. The number of rotatable bonds is 3. The van der Waals surface area contributed by atoms with Gasteiger partial charge in [0.1, 0.15) is 0 Å². The molecule has 1 aliphatic heterocycles. The molecule has 0 bridgehead atoms. The maximum atomic E-state index is 12.1. The fourth-order valence-corrected chi connectivity index (χ4v) is 2.75. The van der Waals surface area contributed by atoms with Crippen molar-refractivity contribution in [3.63, 3.8) is 0 Å². The summed E-state index contributed by atoms with van der Waals surface area (Å²) in [5, 5.41) is 13.4. The number of carboxylic acid groups (broad SMARTS) is 1. The zero-order valence-corrected chi connectivity index (χ0v) is 12.5. The van der Waals surface area contributed by atoms with Crippen LogP contribution in [0.25, 0.3) is 0 Å². The average Bonchev–Trinajstić information content (AvgIpc) is 2.48. The maximum absolute atomic E-state index is 12.1. The van der Waals surface area contributed by atoms with Gasteiger partial charge in [0.25, 0.3) is 5.56 Å². The van der Waals surface area contributed by atoms with Crippen LogP contribution in [0.4, 0.5) is 5.82 Å². The van der Waals surface area contributed by atoms with Crippen molar-refractivity contribution < 1.29 is 9.90 Å². The van der Waals surface area contributed by atoms with E-state index in [9.17, 15) is 19.5 Å². The Morgan fingerprint density at radius 3 is 2.33 bits per heavy atom. The van der Waals surface area contributed by atoms with Crippen LogP contribution in [0.15, 0.2) is 9.59 Å². The van der Waals surface area contributed by atoms with Crippen LogP contribution in [-0.2, 0) is 18.9 Å². The molecule has 1 aromatic rings. The molecule has 116 valence electrons. The Balaban J connectivity index is 2.30. The van der Waals surface area contributed by atoms with Crippen LogP contribution in [0.5, 0.6) is 0 Å². The number of aliphatic carboxylic acids is 1. The molecule has 0 saturated carbocycles. The van der Waals surface area contributed by atoms with Crippen molar-refractivity contribution in [2.75, 3.05) is 18.0 Å². The van der Waals surface area contributed by atoms with Crippen molar-refractivity contribution in [3.05, 3.63) is 20.8 Å². The monoisotopic (exact) mass is 296 g/mol. The van der Waals surface area contributed by atoms with Gasteiger partial charge in [-0.1, -0.05) is 6.92 Å². The van der Waals surface area contributed by atoms with E-state index in [0.29, 0.717) is 32.4 Å². The summed E-state index contributed by atoms with van der Waals surface area (Å²) in [5.74, 6) is -0.583. The Hall–Kier alpha value is -2.12. The summed E-state index contributed by atoms with van der Waals surface area (Å²) in [4.78, 5) is 37.0. The molecule has 8 heteroatoms. The summed E-state index contributed by atoms with van der Waals surface area (Å²) in [5.41, 5.74) is -1.64. The SMILES string of the molecule is CCC1(C(=O)O)CCN(c2nn(C)c(=O)n(C)c2=O)CC1. The smallest absolute Gasteiger partial charge is 0.346 e. The first-order chi connectivity index (χ1) is 9.82. The van der Waals surface area contributed by atoms with Crippen LogP contribution in [0.2, 0.25) is 0 Å². The second-order valence-corrected chi connectivity index (χ2v) is 5.52. The Kier molecular flexibility index (Phi) is 3.89. The van der Waals surface area contributed by atoms with Crippen LogP contribution in [0.1, 0.15) is 26.2 Å². The second-order valence-electron chi connectivity index (χ2n) is 5.52. The molecule has 0 aromatic carbocycles. The molecule has 0 unspecified atom stereocenters. The van der Waals surface area contributed by atoms with E-state index in [0.717, 1.165) is 9.25 Å². The van der Waals surface area contributed by atoms with Gasteiger partial charge in [-0.3, -0.25) is 14.2 Å². The molecule has 1 saturated heterocycles. The van der Waals surface area contributed by atoms with Gasteiger partial charge in [-0.25, -0.2) is 9.48 Å². The first-order valence-electron chi connectivity index (χ1n) is 6.95. The second kappa shape index (κ2) is 5.34. The molecule has 21 heavy (non-hydrogen) atoms. The fraction of sp³-hybridized carbons (Fsp3) is 0.692. The molecule has 2 rings (SSSR count). The Morgan fingerprint density at radius 2 is 1.86 bits per heavy atom. The largest absolute Gasteiger partial charge is 0.481 e. The number of carbonyl (C=O) groups is 1. The third-order valence-corrected chi connectivity index (χ3v) is 4.45. The highest BCUT2D eigenvalue weighted by Gasteiger charge is 2.40. The minimum atomic E-state index is -0.786. The van der Waals surface area contributed by atoms with Crippen molar-refractivity contribution in [1.29, 1.82) is 0 Å². The lowest BCUT2D eigenvalue weighted by molar-refractivity contribution is -0.150. The predicted molar refractivity (Wildman–Crippen MR) is 76.5 cm³/mol. The van der Waals surface area contributed by atoms with Crippen LogP contribution in [-0.4, -0.2) is 38.5 Å². The molecular weight excluding hydrogens is 276 g/mol. The van der Waals surface area contributed by atoms with Gasteiger partial charge >= 0.3 is 11.7 Å². The van der Waals surface area contributed by atoms with Crippen molar-refractivity contribution >= 4 is 11.8 Å². The quantitative estimate of drug-likeness (QED) is 0.812. The van der Waals surface area contributed by atoms with Gasteiger partial charge in [-0.15, -0.1) is 5.10 Å². The normalized spacial score (nSPS) is 17.8. The Morgan fingerprint density at radius 1 is 1.29 bits per heavy atom. The van der Waals surface area contributed by atoms with Crippen LogP contribution >= 0.6 is 0 Å². The van der Waals surface area contributed by atoms with Gasteiger partial charge < -0.3 is 10.0 Å². The number of hydrogen-bond donors (Lipinski definition) is 1. The van der Waals surface area contributed by atoms with E-state index >= 15 is 0 Å². The lowest BCUT2D eigenvalue weighted by Gasteiger charge is -2.38. The average molecular weight is 296 g/mol. The molecule has 0 radical (unpaired) electrons. The predicted octanol–water partition coefficient (Wildman–Crippen LogP) is -0.440. The van der Waals surface area contributed by atoms with Crippen molar-refractivity contribution in [2.45, 2.75) is 26.2 Å². The minimum absolute atomic E-state index is 0.203. The third-order valence-electron chi connectivity index (χ3n) is 4.45. The lowest BCUT2D eigenvalue weighted by atomic mass is 9.76. The van der Waals surface area contributed by atoms with Crippen molar-refractivity contribution in [1.82, 2.24) is 14.3 Å². The van der Waals surface area contributed by atoms with Crippen LogP contribution in [0, 0.1) is 5.41 Å². The molecule has 1 fully saturated rings. The van der Waals surface area contributed by atoms with Crippen molar-refractivity contribution in [3.8, 4) is 0 Å². The number of nitrogens with zero attached hydrogens (tertiary/aromatic N) is 4. The molecule has 0 spiro atoms. The topological polar surface area (TPSA) is 97.4 Å². The third kappa shape index (κ3) is 2.45. The van der Waals surface area contributed by atoms with Gasteiger partial charge in [0.2, 0.25) is 5.82 Å².